The van der Waals surface area contributed by atoms with Crippen LogP contribution in [-0.2, 0) is 17.8 Å². The van der Waals surface area contributed by atoms with Crippen LogP contribution in [0.25, 0.3) is 33.3 Å². The Balaban J connectivity index is 1.67. The van der Waals surface area contributed by atoms with E-state index >= 15 is 0 Å². The lowest BCUT2D eigenvalue weighted by Gasteiger charge is -2.09. The molecule has 4 rings (SSSR count). The van der Waals surface area contributed by atoms with Gasteiger partial charge in [0.05, 0.1) is 22.2 Å². The van der Waals surface area contributed by atoms with Crippen LogP contribution >= 0.6 is 0 Å². The Morgan fingerprint density at radius 2 is 1.59 bits per heavy atom. The lowest BCUT2D eigenvalue weighted by atomic mass is 9.99. The summed E-state index contributed by atoms with van der Waals surface area (Å²) in [5.41, 5.74) is 6.95. The predicted molar refractivity (Wildman–Crippen MR) is 125 cm³/mol. The van der Waals surface area contributed by atoms with Crippen LogP contribution in [0, 0.1) is 0 Å². The largest absolute Gasteiger partial charge is 0.477 e. The fraction of sp³-hybridized carbons (Fsp3) is 0.154. The van der Waals surface area contributed by atoms with Gasteiger partial charge >= 0.3 is 5.97 Å². The first-order valence-corrected chi connectivity index (χ1v) is 10.8. The Bertz CT molecular complexity index is 1340. The van der Waals surface area contributed by atoms with E-state index in [2.05, 4.69) is 17.1 Å². The summed E-state index contributed by atoms with van der Waals surface area (Å²) in [4.78, 5) is 28.0. The Kier molecular flexibility index (Phi) is 6.91. The summed E-state index contributed by atoms with van der Waals surface area (Å²) in [5.74, 6) is -1.72. The molecule has 0 radical (unpaired) electrons. The molecule has 1 amide bonds. The van der Waals surface area contributed by atoms with Gasteiger partial charge in [-0.15, -0.1) is 0 Å². The highest BCUT2D eigenvalue weighted by Crippen LogP contribution is 2.27. The molecular weight excluding hydrogens is 434 g/mol. The number of pyridine rings is 2. The second kappa shape index (κ2) is 10.2. The molecule has 0 atom stereocenters. The highest BCUT2D eigenvalue weighted by molar-refractivity contribution is 6.06. The van der Waals surface area contributed by atoms with Gasteiger partial charge in [0.25, 0.3) is 5.91 Å². The molecule has 0 aliphatic heterocycles. The summed E-state index contributed by atoms with van der Waals surface area (Å²) in [6.45, 7) is -0.0855. The third-order valence-electron chi connectivity index (χ3n) is 5.56. The smallest absolute Gasteiger partial charge is 0.370 e. The second-order valence-electron chi connectivity index (χ2n) is 7.91. The van der Waals surface area contributed by atoms with Gasteiger partial charge < -0.3 is 10.2 Å². The van der Waals surface area contributed by atoms with E-state index in [0.29, 0.717) is 16.6 Å². The highest BCUT2D eigenvalue weighted by Gasteiger charge is 2.18. The number of carbonyl (C=O) groups is 2. The lowest BCUT2D eigenvalue weighted by Crippen LogP contribution is -2.37. The molecule has 0 fully saturated rings. The van der Waals surface area contributed by atoms with Crippen molar-refractivity contribution in [1.82, 2.24) is 10.5 Å². The van der Waals surface area contributed by atoms with Gasteiger partial charge in [-0.1, -0.05) is 48.5 Å². The molecule has 0 aliphatic carbocycles. The van der Waals surface area contributed by atoms with Crippen molar-refractivity contribution in [3.63, 3.8) is 0 Å². The molecule has 2 aromatic carbocycles. The van der Waals surface area contributed by atoms with E-state index < -0.39 is 11.9 Å². The first-order chi connectivity index (χ1) is 16.5. The minimum Gasteiger partial charge on any atom is -0.477 e. The van der Waals surface area contributed by atoms with Crippen molar-refractivity contribution >= 4 is 22.8 Å². The van der Waals surface area contributed by atoms with Gasteiger partial charge in [-0.2, -0.15) is 4.57 Å². The molecule has 2 aromatic heterocycles. The number of benzene rings is 2. The number of carboxylic acid groups (broad SMARTS) is 1. The van der Waals surface area contributed by atoms with E-state index in [-0.39, 0.29) is 18.7 Å². The zero-order valence-corrected chi connectivity index (χ0v) is 18.3. The molecule has 0 saturated carbocycles. The molecule has 8 nitrogen and oxygen atoms in total. The van der Waals surface area contributed by atoms with Gasteiger partial charge in [0.2, 0.25) is 6.54 Å². The number of amides is 1. The first kappa shape index (κ1) is 23.0. The molecule has 0 saturated heterocycles. The normalized spacial score (nSPS) is 10.9. The third-order valence-corrected chi connectivity index (χ3v) is 5.56. The summed E-state index contributed by atoms with van der Waals surface area (Å²) >= 11 is 0. The Hall–Kier alpha value is -4.14. The van der Waals surface area contributed by atoms with Gasteiger partial charge in [-0.3, -0.25) is 10.0 Å². The fourth-order valence-corrected chi connectivity index (χ4v) is 3.84. The molecule has 4 N–H and O–H groups in total. The summed E-state index contributed by atoms with van der Waals surface area (Å²) in [7, 11) is 0. The van der Waals surface area contributed by atoms with Crippen molar-refractivity contribution in [1.29, 1.82) is 0 Å². The van der Waals surface area contributed by atoms with E-state index in [4.69, 9.17) is 10.2 Å². The van der Waals surface area contributed by atoms with Crippen LogP contribution in [0.3, 0.4) is 0 Å². The SMILES string of the molecule is O=C(O)C[n+]1ccc2nc(-c3ccc(-c4ccc(CCCO)cc4)cc3)cc(C(=O)NO)c2c1. The maximum Gasteiger partial charge on any atom is 0.370 e. The number of rotatable bonds is 8. The fourth-order valence-electron chi connectivity index (χ4n) is 3.84. The number of hydrogen-bond acceptors (Lipinski definition) is 5. The van der Waals surface area contributed by atoms with Gasteiger partial charge in [-0.25, -0.2) is 15.3 Å². The molecule has 0 spiro atoms. The average molecular weight is 458 g/mol. The first-order valence-electron chi connectivity index (χ1n) is 10.8. The minimum absolute atomic E-state index is 0.177. The van der Waals surface area contributed by atoms with Crippen LogP contribution in [0.15, 0.2) is 73.1 Å². The van der Waals surface area contributed by atoms with Crippen LogP contribution < -0.4 is 10.0 Å². The number of nitrogens with one attached hydrogen (secondary N) is 1. The van der Waals surface area contributed by atoms with Gasteiger partial charge in [-0.05, 0) is 35.6 Å². The Morgan fingerprint density at radius 1 is 0.941 bits per heavy atom. The standard InChI is InChI=1S/C26H23N3O5/c30-13-1-2-17-3-5-18(6-4-17)19-7-9-20(10-8-19)24-14-21(26(33)28-34)22-15-29(16-25(31)32)12-11-23(22)27-24/h3-12,14-15,30H,1-2,13,16H2,(H2-,27,28,31,32,33,34)/p+1. The summed E-state index contributed by atoms with van der Waals surface area (Å²) < 4.78 is 1.43. The second-order valence-corrected chi connectivity index (χ2v) is 7.91. The average Bonchev–Trinajstić information content (AvgIpc) is 2.86. The monoisotopic (exact) mass is 458 g/mol. The van der Waals surface area contributed by atoms with Gasteiger partial charge in [0.1, 0.15) is 0 Å². The molecule has 0 unspecified atom stereocenters. The summed E-state index contributed by atoms with van der Waals surface area (Å²) in [5, 5.41) is 27.7. The molecule has 172 valence electrons. The van der Waals surface area contributed by atoms with Crippen LogP contribution in [0.2, 0.25) is 0 Å². The van der Waals surface area contributed by atoms with Crippen LogP contribution in [0.4, 0.5) is 0 Å². The number of carbonyl (C=O) groups excluding carboxylic acids is 1. The molecule has 34 heavy (non-hydrogen) atoms. The number of nitrogens with zero attached hydrogens (tertiary/aromatic N) is 2. The number of aliphatic carboxylic acids is 1. The zero-order valence-electron chi connectivity index (χ0n) is 18.3. The molecule has 0 bridgehead atoms. The molecule has 2 heterocycles. The molecule has 0 aliphatic rings. The number of fused-ring (bicyclic) bond motifs is 1. The van der Waals surface area contributed by atoms with Crippen molar-refractivity contribution in [2.24, 2.45) is 0 Å². The number of hydrogen-bond donors (Lipinski definition) is 4. The Morgan fingerprint density at radius 3 is 2.21 bits per heavy atom. The summed E-state index contributed by atoms with van der Waals surface area (Å²) in [6.07, 6.45) is 4.69. The van der Waals surface area contributed by atoms with Gasteiger partial charge in [0.15, 0.2) is 12.4 Å². The summed E-state index contributed by atoms with van der Waals surface area (Å²) in [6, 6.07) is 19.2. The Labute approximate surface area is 195 Å². The quantitative estimate of drug-likeness (QED) is 0.183. The van der Waals surface area contributed by atoms with Crippen molar-refractivity contribution in [3.8, 4) is 22.4 Å². The van der Waals surface area contributed by atoms with E-state index in [1.807, 2.05) is 36.4 Å². The maximum atomic E-state index is 12.3. The number of aromatic nitrogens is 2. The number of carboxylic acids is 1. The number of aliphatic hydroxyl groups excluding tert-OH is 1. The van der Waals surface area contributed by atoms with Crippen LogP contribution in [0.1, 0.15) is 22.3 Å². The van der Waals surface area contributed by atoms with E-state index in [0.717, 1.165) is 29.5 Å². The predicted octanol–water partition coefficient (Wildman–Crippen LogP) is 2.98. The molecule has 4 aromatic rings. The van der Waals surface area contributed by atoms with E-state index in [1.54, 1.807) is 23.8 Å². The lowest BCUT2D eigenvalue weighted by molar-refractivity contribution is -0.684. The number of aryl methyl sites for hydroxylation is 1. The van der Waals surface area contributed by atoms with Gasteiger partial charge in [0, 0.05) is 18.2 Å². The molecule has 8 heteroatoms. The highest BCUT2D eigenvalue weighted by atomic mass is 16.5. The minimum atomic E-state index is -1.01. The van der Waals surface area contributed by atoms with Crippen LogP contribution in [0.5, 0.6) is 0 Å². The third kappa shape index (κ3) is 5.09. The van der Waals surface area contributed by atoms with Crippen molar-refractivity contribution in [2.45, 2.75) is 19.4 Å². The van der Waals surface area contributed by atoms with E-state index in [9.17, 15) is 14.8 Å². The van der Waals surface area contributed by atoms with Crippen molar-refractivity contribution in [3.05, 3.63) is 84.2 Å². The topological polar surface area (TPSA) is 124 Å². The molecular formula is C26H24N3O5+. The van der Waals surface area contributed by atoms with E-state index in [1.165, 1.54) is 16.3 Å². The van der Waals surface area contributed by atoms with Crippen molar-refractivity contribution in [2.75, 3.05) is 6.61 Å². The number of hydroxylamine groups is 1. The number of aliphatic hydroxyl groups is 1. The zero-order chi connectivity index (χ0) is 24.1. The van der Waals surface area contributed by atoms with Crippen molar-refractivity contribution < 1.29 is 29.6 Å². The van der Waals surface area contributed by atoms with Crippen LogP contribution in [-0.4, -0.2) is 38.9 Å². The maximum absolute atomic E-state index is 12.3.